The van der Waals surface area contributed by atoms with Crippen LogP contribution in [0.15, 0.2) is 0 Å². The van der Waals surface area contributed by atoms with Crippen LogP contribution in [-0.4, -0.2) is 30.0 Å². The predicted molar refractivity (Wildman–Crippen MR) is 130 cm³/mol. The van der Waals surface area contributed by atoms with Crippen LogP contribution in [0.2, 0.25) is 0 Å². The number of rotatable bonds is 18. The Morgan fingerprint density at radius 3 is 1.65 bits per heavy atom. The largest absolute Gasteiger partial charge is 0.344 e. The summed E-state index contributed by atoms with van der Waals surface area (Å²) in [4.78, 5) is 12.9. The SMILES string of the molecule is CCCCCCCCCCCCCCCC(=O)C(CN)(C1CCCCC1)S(=O)(=O)O.N. The Hall–Kier alpha value is -0.500. The van der Waals surface area contributed by atoms with Crippen molar-refractivity contribution < 1.29 is 17.8 Å². The molecule has 0 aliphatic heterocycles. The van der Waals surface area contributed by atoms with Gasteiger partial charge in [0.15, 0.2) is 10.5 Å². The summed E-state index contributed by atoms with van der Waals surface area (Å²) in [5.74, 6) is -0.719. The predicted octanol–water partition coefficient (Wildman–Crippen LogP) is 6.36. The smallest absolute Gasteiger partial charge is 0.279 e. The van der Waals surface area contributed by atoms with Gasteiger partial charge in [-0.05, 0) is 25.2 Å². The molecule has 0 spiro atoms. The Balaban J connectivity index is 0.00000900. The van der Waals surface area contributed by atoms with Crippen molar-refractivity contribution in [2.45, 2.75) is 134 Å². The van der Waals surface area contributed by atoms with Gasteiger partial charge >= 0.3 is 0 Å². The van der Waals surface area contributed by atoms with Gasteiger partial charge in [0.25, 0.3) is 10.1 Å². The topological polar surface area (TPSA) is 132 Å². The molecule has 1 aliphatic rings. The van der Waals surface area contributed by atoms with Crippen molar-refractivity contribution >= 4 is 15.9 Å². The maximum absolute atomic E-state index is 12.9. The molecule has 1 fully saturated rings. The molecule has 186 valence electrons. The van der Waals surface area contributed by atoms with E-state index in [1.807, 2.05) is 0 Å². The van der Waals surface area contributed by atoms with Crippen LogP contribution in [0, 0.1) is 5.92 Å². The number of carbonyl (C=O) groups excluding carboxylic acids is 1. The number of Topliss-reactive ketones (excluding diaryl/α,β-unsaturated/α-hetero) is 1. The molecule has 1 saturated carbocycles. The van der Waals surface area contributed by atoms with Crippen molar-refractivity contribution in [1.29, 1.82) is 0 Å². The molecule has 0 radical (unpaired) electrons. The van der Waals surface area contributed by atoms with Crippen LogP contribution < -0.4 is 11.9 Å². The van der Waals surface area contributed by atoms with Gasteiger partial charge in [0.2, 0.25) is 0 Å². The lowest BCUT2D eigenvalue weighted by molar-refractivity contribution is -0.123. The molecule has 1 rings (SSSR count). The molecule has 0 aromatic rings. The number of unbranched alkanes of at least 4 members (excludes halogenated alkanes) is 12. The van der Waals surface area contributed by atoms with Gasteiger partial charge in [-0.3, -0.25) is 9.35 Å². The van der Waals surface area contributed by atoms with E-state index < -0.39 is 14.9 Å². The maximum atomic E-state index is 12.9. The van der Waals surface area contributed by atoms with Gasteiger partial charge in [0.05, 0.1) is 0 Å². The van der Waals surface area contributed by atoms with E-state index in [2.05, 4.69) is 6.92 Å². The molecule has 0 aromatic carbocycles. The third-order valence-electron chi connectivity index (χ3n) is 7.01. The van der Waals surface area contributed by atoms with Crippen molar-refractivity contribution in [1.82, 2.24) is 6.15 Å². The first-order valence-corrected chi connectivity index (χ1v) is 14.0. The number of ketones is 1. The van der Waals surface area contributed by atoms with Crippen molar-refractivity contribution in [2.24, 2.45) is 11.7 Å². The van der Waals surface area contributed by atoms with Crippen LogP contribution in [0.25, 0.3) is 0 Å². The summed E-state index contributed by atoms with van der Waals surface area (Å²) < 4.78 is 32.6. The Labute approximate surface area is 191 Å². The average molecular weight is 463 g/mol. The standard InChI is InChI=1S/C24H47NO4S.H3N/c1-2-3-4-5-6-7-8-9-10-11-12-13-17-20-23(26)24(21-25,30(27,28)29)22-18-15-14-16-19-22;/h22H,2-21,25H2,1H3,(H,27,28,29);1H3. The summed E-state index contributed by atoms with van der Waals surface area (Å²) in [6.45, 7) is 1.93. The molecule has 0 bridgehead atoms. The number of hydrogen-bond acceptors (Lipinski definition) is 5. The first-order chi connectivity index (χ1) is 14.4. The van der Waals surface area contributed by atoms with E-state index in [0.717, 1.165) is 32.1 Å². The van der Waals surface area contributed by atoms with Crippen LogP contribution in [0.3, 0.4) is 0 Å². The Morgan fingerprint density at radius 1 is 0.839 bits per heavy atom. The average Bonchev–Trinajstić information content (AvgIpc) is 2.72. The van der Waals surface area contributed by atoms with Gasteiger partial charge in [0.1, 0.15) is 0 Å². The molecule has 6 N–H and O–H groups in total. The Kier molecular flexibility index (Phi) is 16.8. The lowest BCUT2D eigenvalue weighted by Gasteiger charge is -2.38. The summed E-state index contributed by atoms with van der Waals surface area (Å²) in [7, 11) is -4.52. The molecule has 1 unspecified atom stereocenters. The summed E-state index contributed by atoms with van der Waals surface area (Å²) in [5, 5.41) is 0. The van der Waals surface area contributed by atoms with Crippen LogP contribution >= 0.6 is 0 Å². The summed E-state index contributed by atoms with van der Waals surface area (Å²) in [5.41, 5.74) is 5.81. The second-order valence-electron chi connectivity index (χ2n) is 9.32. The molecule has 6 nitrogen and oxygen atoms in total. The van der Waals surface area contributed by atoms with Crippen LogP contribution in [0.1, 0.15) is 129 Å². The molecular weight excluding hydrogens is 412 g/mol. The Morgan fingerprint density at radius 2 is 1.26 bits per heavy atom. The minimum atomic E-state index is -4.52. The van der Waals surface area contributed by atoms with Gasteiger partial charge in [-0.25, -0.2) is 0 Å². The quantitative estimate of drug-likeness (QED) is 0.160. The van der Waals surface area contributed by atoms with Crippen molar-refractivity contribution in [3.05, 3.63) is 0 Å². The van der Waals surface area contributed by atoms with Crippen LogP contribution in [0.5, 0.6) is 0 Å². The minimum absolute atomic E-state index is 0. The molecule has 31 heavy (non-hydrogen) atoms. The zero-order valence-electron chi connectivity index (χ0n) is 20.1. The first-order valence-electron chi connectivity index (χ1n) is 12.6. The number of hydrogen-bond donors (Lipinski definition) is 3. The van der Waals surface area contributed by atoms with E-state index in [-0.39, 0.29) is 30.8 Å². The lowest BCUT2D eigenvalue weighted by Crippen LogP contribution is -2.57. The fourth-order valence-electron chi connectivity index (χ4n) is 5.05. The monoisotopic (exact) mass is 462 g/mol. The van der Waals surface area contributed by atoms with Crippen LogP contribution in [-0.2, 0) is 14.9 Å². The Bertz CT molecular complexity index is 562. The van der Waals surface area contributed by atoms with Gasteiger partial charge in [-0.15, -0.1) is 0 Å². The molecule has 0 aromatic heterocycles. The first kappa shape index (κ1) is 30.5. The summed E-state index contributed by atoms with van der Waals surface area (Å²) in [6.07, 6.45) is 20.2. The van der Waals surface area contributed by atoms with Gasteiger partial charge < -0.3 is 11.9 Å². The third-order valence-corrected chi connectivity index (χ3v) is 8.66. The number of nitrogens with two attached hydrogens (primary N) is 1. The molecule has 7 heteroatoms. The van der Waals surface area contributed by atoms with Crippen molar-refractivity contribution in [3.63, 3.8) is 0 Å². The summed E-state index contributed by atoms with van der Waals surface area (Å²) >= 11 is 0. The molecule has 0 heterocycles. The van der Waals surface area contributed by atoms with Crippen LogP contribution in [0.4, 0.5) is 0 Å². The zero-order valence-corrected chi connectivity index (χ0v) is 20.9. The fourth-order valence-corrected chi connectivity index (χ4v) is 6.31. The van der Waals surface area contributed by atoms with Gasteiger partial charge in [0, 0.05) is 13.0 Å². The van der Waals surface area contributed by atoms with E-state index in [9.17, 15) is 17.8 Å². The summed E-state index contributed by atoms with van der Waals surface area (Å²) in [6, 6.07) is 0. The third kappa shape index (κ3) is 10.3. The normalized spacial score (nSPS) is 17.1. The number of carbonyl (C=O) groups is 1. The van der Waals surface area contributed by atoms with E-state index in [4.69, 9.17) is 5.73 Å². The zero-order chi connectivity index (χ0) is 22.3. The highest BCUT2D eigenvalue weighted by Crippen LogP contribution is 2.38. The van der Waals surface area contributed by atoms with Gasteiger partial charge in [-0.2, -0.15) is 8.42 Å². The van der Waals surface area contributed by atoms with Crippen molar-refractivity contribution in [3.8, 4) is 0 Å². The molecule has 1 atom stereocenters. The fraction of sp³-hybridized carbons (Fsp3) is 0.958. The molecular formula is C24H50N2O4S. The van der Waals surface area contributed by atoms with E-state index >= 15 is 0 Å². The highest BCUT2D eigenvalue weighted by molar-refractivity contribution is 7.88. The van der Waals surface area contributed by atoms with E-state index in [1.165, 1.54) is 64.2 Å². The lowest BCUT2D eigenvalue weighted by atomic mass is 9.76. The second kappa shape index (κ2) is 17.0. The highest BCUT2D eigenvalue weighted by atomic mass is 32.2. The minimum Gasteiger partial charge on any atom is -0.344 e. The molecule has 0 amide bonds. The van der Waals surface area contributed by atoms with Gasteiger partial charge in [-0.1, -0.05) is 103 Å². The highest BCUT2D eigenvalue weighted by Gasteiger charge is 2.53. The van der Waals surface area contributed by atoms with E-state index in [1.54, 1.807) is 0 Å². The maximum Gasteiger partial charge on any atom is 0.279 e. The second-order valence-corrected chi connectivity index (χ2v) is 11.0. The molecule has 0 saturated heterocycles. The van der Waals surface area contributed by atoms with E-state index in [0.29, 0.717) is 19.3 Å². The van der Waals surface area contributed by atoms with Crippen molar-refractivity contribution in [2.75, 3.05) is 6.54 Å². The molecule has 1 aliphatic carbocycles.